The summed E-state index contributed by atoms with van der Waals surface area (Å²) in [6, 6.07) is 12.1. The van der Waals surface area contributed by atoms with Crippen LogP contribution in [0.2, 0.25) is 0 Å². The molecule has 0 bridgehead atoms. The molecule has 2 aromatic heterocycles. The molecule has 3 N–H and O–H groups in total. The van der Waals surface area contributed by atoms with Crippen LogP contribution in [0.3, 0.4) is 0 Å². The predicted molar refractivity (Wildman–Crippen MR) is 119 cm³/mol. The first-order chi connectivity index (χ1) is 16.4. The Morgan fingerprint density at radius 1 is 1.12 bits per heavy atom. The highest BCUT2D eigenvalue weighted by molar-refractivity contribution is 6.01. The lowest BCUT2D eigenvalue weighted by Crippen LogP contribution is -2.46. The van der Waals surface area contributed by atoms with Gasteiger partial charge in [0.1, 0.15) is 17.3 Å². The Labute approximate surface area is 192 Å². The number of carbonyl (C=O) groups is 2. The zero-order chi connectivity index (χ0) is 24.0. The van der Waals surface area contributed by atoms with Gasteiger partial charge >= 0.3 is 12.1 Å². The van der Waals surface area contributed by atoms with Crippen molar-refractivity contribution in [1.82, 2.24) is 14.6 Å². The van der Waals surface area contributed by atoms with E-state index in [0.717, 1.165) is 6.07 Å². The predicted octanol–water partition coefficient (Wildman–Crippen LogP) is 3.26. The average molecular weight is 463 g/mol. The van der Waals surface area contributed by atoms with E-state index in [0.29, 0.717) is 28.0 Å². The van der Waals surface area contributed by atoms with E-state index < -0.39 is 23.4 Å². The summed E-state index contributed by atoms with van der Waals surface area (Å²) in [5.41, 5.74) is 0.224. The molecule has 0 saturated heterocycles. The van der Waals surface area contributed by atoms with E-state index in [9.17, 15) is 14.7 Å². The maximum atomic E-state index is 15.3. The summed E-state index contributed by atoms with van der Waals surface area (Å²) in [7, 11) is 2.42. The second kappa shape index (κ2) is 7.73. The van der Waals surface area contributed by atoms with E-state index in [1.165, 1.54) is 30.9 Å². The molecule has 5 rings (SSSR count). The van der Waals surface area contributed by atoms with Gasteiger partial charge in [-0.1, -0.05) is 18.2 Å². The van der Waals surface area contributed by atoms with Crippen molar-refractivity contribution in [3.05, 3.63) is 71.7 Å². The average Bonchev–Trinajstić information content (AvgIpc) is 3.21. The number of benzene rings is 2. The molecule has 34 heavy (non-hydrogen) atoms. The highest BCUT2D eigenvalue weighted by Gasteiger charge is 2.49. The topological polar surface area (TPSA) is 127 Å². The molecule has 1 unspecified atom stereocenters. The molecule has 1 atom stereocenters. The second-order valence-corrected chi connectivity index (χ2v) is 7.50. The molecule has 10 nitrogen and oxygen atoms in total. The summed E-state index contributed by atoms with van der Waals surface area (Å²) in [6.45, 7) is 0. The smallest absolute Gasteiger partial charge is 0.413 e. The van der Waals surface area contributed by atoms with Crippen LogP contribution in [-0.4, -0.2) is 46.0 Å². The van der Waals surface area contributed by atoms with Gasteiger partial charge in [-0.15, -0.1) is 5.10 Å². The number of aromatic hydroxyl groups is 1. The third-order valence-corrected chi connectivity index (χ3v) is 5.67. The van der Waals surface area contributed by atoms with Crippen molar-refractivity contribution < 1.29 is 28.6 Å². The van der Waals surface area contributed by atoms with Crippen LogP contribution in [0, 0.1) is 5.82 Å². The number of fused-ring (bicyclic) bond motifs is 2. The van der Waals surface area contributed by atoms with Gasteiger partial charge in [-0.3, -0.25) is 5.32 Å². The van der Waals surface area contributed by atoms with Gasteiger partial charge in [-0.2, -0.15) is 0 Å². The quantitative estimate of drug-likeness (QED) is 0.395. The number of methoxy groups -OCH3 is 2. The molecular formula is C23H18FN5O5. The third-order valence-electron chi connectivity index (χ3n) is 5.67. The minimum atomic E-state index is -1.84. The van der Waals surface area contributed by atoms with E-state index >= 15 is 4.39 Å². The number of para-hydroxylation sites is 1. The van der Waals surface area contributed by atoms with Gasteiger partial charge in [0.2, 0.25) is 0 Å². The van der Waals surface area contributed by atoms with Crippen LogP contribution in [0.1, 0.15) is 11.1 Å². The number of aromatic nitrogens is 3. The number of nitrogens with zero attached hydrogens (tertiary/aromatic N) is 3. The largest absolute Gasteiger partial charge is 0.508 e. The van der Waals surface area contributed by atoms with Gasteiger partial charge in [0.05, 0.1) is 19.7 Å². The number of carbonyl (C=O) groups excluding carboxylic acids is 2. The molecule has 0 aliphatic carbocycles. The molecule has 4 aromatic rings. The Hall–Kier alpha value is -4.67. The van der Waals surface area contributed by atoms with Crippen LogP contribution in [0.15, 0.2) is 54.7 Å². The van der Waals surface area contributed by atoms with Crippen molar-refractivity contribution in [2.45, 2.75) is 5.54 Å². The molecular weight excluding hydrogens is 445 g/mol. The number of hydrogen-bond donors (Lipinski definition) is 3. The number of ether oxygens (including phenoxy) is 2. The Morgan fingerprint density at radius 3 is 2.65 bits per heavy atom. The van der Waals surface area contributed by atoms with Gasteiger partial charge in [0.15, 0.2) is 5.54 Å². The third kappa shape index (κ3) is 3.01. The van der Waals surface area contributed by atoms with Crippen molar-refractivity contribution in [1.29, 1.82) is 0 Å². The number of halogens is 1. The van der Waals surface area contributed by atoms with E-state index in [1.54, 1.807) is 36.5 Å². The fraction of sp³-hybridized carbons (Fsp3) is 0.130. The maximum Gasteiger partial charge on any atom is 0.413 e. The van der Waals surface area contributed by atoms with Gasteiger partial charge in [-0.05, 0) is 24.3 Å². The fourth-order valence-corrected chi connectivity index (χ4v) is 4.22. The zero-order valence-electron chi connectivity index (χ0n) is 18.0. The monoisotopic (exact) mass is 463 g/mol. The first kappa shape index (κ1) is 21.2. The zero-order valence-corrected chi connectivity index (χ0v) is 18.0. The highest BCUT2D eigenvalue weighted by atomic mass is 19.1. The SMILES string of the molecule is COC(=O)Nc1nc2c3c(ccn3n1)C(C(=O)OC)(c1ccc(O)cc1F)Nc1ccccc1-2. The fourth-order valence-electron chi connectivity index (χ4n) is 4.22. The minimum absolute atomic E-state index is 0.0346. The van der Waals surface area contributed by atoms with E-state index in [1.807, 2.05) is 0 Å². The van der Waals surface area contributed by atoms with E-state index in [4.69, 9.17) is 4.74 Å². The lowest BCUT2D eigenvalue weighted by Gasteiger charge is -2.33. The Kier molecular flexibility index (Phi) is 4.82. The molecule has 11 heteroatoms. The van der Waals surface area contributed by atoms with Crippen LogP contribution in [0.25, 0.3) is 16.8 Å². The summed E-state index contributed by atoms with van der Waals surface area (Å²) in [6.07, 6.45) is 0.804. The molecule has 0 radical (unpaired) electrons. The molecule has 172 valence electrons. The van der Waals surface area contributed by atoms with Crippen molar-refractivity contribution in [2.24, 2.45) is 0 Å². The van der Waals surface area contributed by atoms with Crippen LogP contribution >= 0.6 is 0 Å². The molecule has 1 amide bonds. The van der Waals surface area contributed by atoms with Crippen molar-refractivity contribution in [2.75, 3.05) is 24.9 Å². The highest BCUT2D eigenvalue weighted by Crippen LogP contribution is 2.46. The molecule has 0 fully saturated rings. The van der Waals surface area contributed by atoms with E-state index in [2.05, 4.69) is 25.5 Å². The second-order valence-electron chi connectivity index (χ2n) is 7.50. The molecule has 0 saturated carbocycles. The number of phenols is 1. The number of nitrogens with one attached hydrogen (secondary N) is 2. The van der Waals surface area contributed by atoms with Crippen molar-refractivity contribution in [3.8, 4) is 17.0 Å². The molecule has 3 heterocycles. The minimum Gasteiger partial charge on any atom is -0.508 e. The summed E-state index contributed by atoms with van der Waals surface area (Å²) in [5.74, 6) is -1.93. The summed E-state index contributed by atoms with van der Waals surface area (Å²) in [4.78, 5) is 29.7. The Bertz CT molecular complexity index is 1470. The van der Waals surface area contributed by atoms with Crippen LogP contribution in [0.5, 0.6) is 5.75 Å². The number of rotatable bonds is 3. The van der Waals surface area contributed by atoms with Gasteiger partial charge in [0.25, 0.3) is 5.95 Å². The number of anilines is 2. The summed E-state index contributed by atoms with van der Waals surface area (Å²) < 4.78 is 26.5. The number of phenolic OH excluding ortho intramolecular Hbond substituents is 1. The van der Waals surface area contributed by atoms with Crippen LogP contribution in [-0.2, 0) is 19.8 Å². The molecule has 0 spiro atoms. The van der Waals surface area contributed by atoms with Gasteiger partial charge < -0.3 is 19.9 Å². The van der Waals surface area contributed by atoms with Crippen LogP contribution < -0.4 is 10.6 Å². The molecule has 1 aliphatic rings. The summed E-state index contributed by atoms with van der Waals surface area (Å²) >= 11 is 0. The Balaban J connectivity index is 1.90. The first-order valence-electron chi connectivity index (χ1n) is 10.1. The van der Waals surface area contributed by atoms with Crippen LogP contribution in [0.4, 0.5) is 20.8 Å². The number of esters is 1. The van der Waals surface area contributed by atoms with Gasteiger partial charge in [-0.25, -0.2) is 23.5 Å². The standard InChI is InChI=1S/C23H18FN5O5/c1-33-20(31)23(14-8-7-12(30)11-16(14)24)15-9-10-29-19(15)18(13-5-3-4-6-17(13)27-23)25-21(28-29)26-22(32)34-2/h3-11,27,30H,1-2H3,(H,26,28,32). The normalized spacial score (nSPS) is 16.2. The first-order valence-corrected chi connectivity index (χ1v) is 10.1. The van der Waals surface area contributed by atoms with Crippen molar-refractivity contribution in [3.63, 3.8) is 0 Å². The van der Waals surface area contributed by atoms with Crippen molar-refractivity contribution >= 4 is 29.2 Å². The maximum absolute atomic E-state index is 15.3. The number of hydrogen-bond acceptors (Lipinski definition) is 8. The molecule has 1 aliphatic heterocycles. The lowest BCUT2D eigenvalue weighted by molar-refractivity contribution is -0.144. The summed E-state index contributed by atoms with van der Waals surface area (Å²) in [5, 5.41) is 19.7. The lowest BCUT2D eigenvalue weighted by atomic mass is 9.82. The molecule has 2 aromatic carbocycles. The van der Waals surface area contributed by atoms with E-state index in [-0.39, 0.29) is 17.3 Å². The van der Waals surface area contributed by atoms with Gasteiger partial charge in [0, 0.05) is 34.6 Å². The number of amides is 1. The Morgan fingerprint density at radius 2 is 1.91 bits per heavy atom.